The number of nitrogens with zero attached hydrogens (tertiary/aromatic N) is 1. The van der Waals surface area contributed by atoms with Crippen molar-refractivity contribution >= 4 is 5.91 Å². The van der Waals surface area contributed by atoms with E-state index in [0.717, 1.165) is 51.9 Å². The van der Waals surface area contributed by atoms with Gasteiger partial charge < -0.3 is 15.4 Å². The lowest BCUT2D eigenvalue weighted by Gasteiger charge is -2.44. The van der Waals surface area contributed by atoms with Gasteiger partial charge in [0.25, 0.3) is 0 Å². The third kappa shape index (κ3) is 3.69. The van der Waals surface area contributed by atoms with Crippen molar-refractivity contribution < 1.29 is 9.53 Å². The van der Waals surface area contributed by atoms with Crippen LogP contribution < -0.4 is 5.73 Å². The number of rotatable bonds is 4. The minimum absolute atomic E-state index is 0.106. The number of hydrogen-bond acceptors (Lipinski definition) is 3. The van der Waals surface area contributed by atoms with Gasteiger partial charge in [-0.05, 0) is 51.4 Å². The predicted molar refractivity (Wildman–Crippen MR) is 75.8 cm³/mol. The van der Waals surface area contributed by atoms with Gasteiger partial charge in [-0.15, -0.1) is 0 Å². The first-order valence-electron chi connectivity index (χ1n) is 7.74. The van der Waals surface area contributed by atoms with Crippen LogP contribution in [0.15, 0.2) is 0 Å². The van der Waals surface area contributed by atoms with Crippen LogP contribution in [-0.2, 0) is 9.53 Å². The molecule has 2 heterocycles. The molecule has 0 aromatic rings. The maximum Gasteiger partial charge on any atom is 0.223 e. The van der Waals surface area contributed by atoms with E-state index in [4.69, 9.17) is 10.5 Å². The molecule has 0 bridgehead atoms. The largest absolute Gasteiger partial charge is 0.381 e. The molecule has 0 aromatic carbocycles. The number of carbonyl (C=O) groups is 1. The summed E-state index contributed by atoms with van der Waals surface area (Å²) in [6, 6.07) is 0. The van der Waals surface area contributed by atoms with Gasteiger partial charge in [-0.2, -0.15) is 0 Å². The highest BCUT2D eigenvalue weighted by Crippen LogP contribution is 2.29. The van der Waals surface area contributed by atoms with Gasteiger partial charge in [0.2, 0.25) is 5.91 Å². The lowest BCUT2D eigenvalue weighted by atomic mass is 9.87. The van der Waals surface area contributed by atoms with Crippen molar-refractivity contribution in [2.75, 3.05) is 26.3 Å². The van der Waals surface area contributed by atoms with Crippen LogP contribution in [0.1, 0.15) is 51.9 Å². The normalized spacial score (nSPS) is 29.5. The second kappa shape index (κ2) is 6.71. The van der Waals surface area contributed by atoms with Gasteiger partial charge in [0.1, 0.15) is 0 Å². The second-order valence-corrected chi connectivity index (χ2v) is 6.30. The summed E-state index contributed by atoms with van der Waals surface area (Å²) in [4.78, 5) is 14.5. The maximum atomic E-state index is 12.5. The van der Waals surface area contributed by atoms with Crippen LogP contribution in [-0.4, -0.2) is 42.6 Å². The number of nitrogens with two attached hydrogens (primary N) is 1. The molecule has 0 saturated carbocycles. The van der Waals surface area contributed by atoms with Crippen LogP contribution in [0.4, 0.5) is 0 Å². The van der Waals surface area contributed by atoms with Crippen LogP contribution in [0.2, 0.25) is 0 Å². The van der Waals surface area contributed by atoms with Gasteiger partial charge >= 0.3 is 0 Å². The number of ether oxygens (including phenoxy) is 1. The first kappa shape index (κ1) is 14.8. The number of carbonyl (C=O) groups excluding carboxylic acids is 1. The van der Waals surface area contributed by atoms with Gasteiger partial charge in [0.15, 0.2) is 0 Å². The Kier molecular flexibility index (Phi) is 5.22. The molecule has 2 N–H and O–H groups in total. The number of amides is 1. The number of hydrogen-bond donors (Lipinski definition) is 1. The molecule has 0 aliphatic carbocycles. The lowest BCUT2D eigenvalue weighted by Crippen LogP contribution is -2.56. The Labute approximate surface area is 116 Å². The maximum absolute atomic E-state index is 12.5. The fraction of sp³-hybridized carbons (Fsp3) is 0.933. The first-order chi connectivity index (χ1) is 9.15. The molecular formula is C15H28N2O2. The first-order valence-corrected chi connectivity index (χ1v) is 7.74. The molecule has 1 atom stereocenters. The molecule has 4 nitrogen and oxygen atoms in total. The summed E-state index contributed by atoms with van der Waals surface area (Å²) in [5.74, 6) is 0.978. The van der Waals surface area contributed by atoms with Crippen molar-refractivity contribution in [3.05, 3.63) is 0 Å². The van der Waals surface area contributed by atoms with E-state index in [1.807, 2.05) is 0 Å². The zero-order chi connectivity index (χ0) is 13.7. The van der Waals surface area contributed by atoms with Crippen molar-refractivity contribution in [3.8, 4) is 0 Å². The molecule has 2 fully saturated rings. The summed E-state index contributed by atoms with van der Waals surface area (Å²) in [5, 5.41) is 0. The van der Waals surface area contributed by atoms with Crippen LogP contribution in [0, 0.1) is 5.92 Å². The molecule has 4 heteroatoms. The fourth-order valence-corrected chi connectivity index (χ4v) is 3.32. The molecular weight excluding hydrogens is 240 g/mol. The minimum atomic E-state index is -0.106. The third-order valence-electron chi connectivity index (χ3n) is 4.85. The monoisotopic (exact) mass is 268 g/mol. The Morgan fingerprint density at radius 1 is 1.37 bits per heavy atom. The van der Waals surface area contributed by atoms with E-state index in [1.165, 1.54) is 6.42 Å². The SMILES string of the molecule is CC1(CN)CCCCN1C(=O)CCC1CCOCC1. The summed E-state index contributed by atoms with van der Waals surface area (Å²) in [5.41, 5.74) is 5.79. The van der Waals surface area contributed by atoms with E-state index in [9.17, 15) is 4.79 Å². The molecule has 2 rings (SSSR count). The van der Waals surface area contributed by atoms with Crippen molar-refractivity contribution in [2.45, 2.75) is 57.4 Å². The number of likely N-dealkylation sites (tertiary alicyclic amines) is 1. The molecule has 2 aliphatic heterocycles. The zero-order valence-electron chi connectivity index (χ0n) is 12.2. The molecule has 0 aromatic heterocycles. The Bertz CT molecular complexity index is 303. The van der Waals surface area contributed by atoms with E-state index < -0.39 is 0 Å². The molecule has 1 unspecified atom stereocenters. The van der Waals surface area contributed by atoms with Gasteiger partial charge in [-0.25, -0.2) is 0 Å². The highest BCUT2D eigenvalue weighted by molar-refractivity contribution is 5.77. The van der Waals surface area contributed by atoms with E-state index in [2.05, 4.69) is 11.8 Å². The quantitative estimate of drug-likeness (QED) is 0.847. The van der Waals surface area contributed by atoms with Crippen LogP contribution in [0.3, 0.4) is 0 Å². The Morgan fingerprint density at radius 3 is 2.79 bits per heavy atom. The Morgan fingerprint density at radius 2 is 2.11 bits per heavy atom. The van der Waals surface area contributed by atoms with Crippen molar-refractivity contribution in [2.24, 2.45) is 11.7 Å². The van der Waals surface area contributed by atoms with E-state index >= 15 is 0 Å². The van der Waals surface area contributed by atoms with Gasteiger partial charge in [-0.1, -0.05) is 0 Å². The highest BCUT2D eigenvalue weighted by Gasteiger charge is 2.36. The lowest BCUT2D eigenvalue weighted by molar-refractivity contribution is -0.139. The zero-order valence-corrected chi connectivity index (χ0v) is 12.2. The number of piperidine rings is 1. The average molecular weight is 268 g/mol. The summed E-state index contributed by atoms with van der Waals surface area (Å²) in [6.45, 7) is 5.33. The highest BCUT2D eigenvalue weighted by atomic mass is 16.5. The van der Waals surface area contributed by atoms with Crippen LogP contribution in [0.5, 0.6) is 0 Å². The van der Waals surface area contributed by atoms with Gasteiger partial charge in [-0.3, -0.25) is 4.79 Å². The summed E-state index contributed by atoms with van der Waals surface area (Å²) >= 11 is 0. The van der Waals surface area contributed by atoms with Crippen LogP contribution >= 0.6 is 0 Å². The van der Waals surface area contributed by atoms with Crippen molar-refractivity contribution in [1.82, 2.24) is 4.90 Å². The summed E-state index contributed by atoms with van der Waals surface area (Å²) in [7, 11) is 0. The van der Waals surface area contributed by atoms with Crippen molar-refractivity contribution in [3.63, 3.8) is 0 Å². The predicted octanol–water partition coefficient (Wildman–Crippen LogP) is 1.92. The topological polar surface area (TPSA) is 55.6 Å². The van der Waals surface area contributed by atoms with Crippen LogP contribution in [0.25, 0.3) is 0 Å². The van der Waals surface area contributed by atoms with Gasteiger partial charge in [0.05, 0.1) is 5.54 Å². The summed E-state index contributed by atoms with van der Waals surface area (Å²) < 4.78 is 5.36. The van der Waals surface area contributed by atoms with E-state index in [1.54, 1.807) is 0 Å². The average Bonchev–Trinajstić information content (AvgIpc) is 2.46. The molecule has 1 amide bonds. The minimum Gasteiger partial charge on any atom is -0.381 e. The van der Waals surface area contributed by atoms with Crippen molar-refractivity contribution in [1.29, 1.82) is 0 Å². The standard InChI is InChI=1S/C15H28N2O2/c1-15(12-16)8-2-3-9-17(15)14(18)5-4-13-6-10-19-11-7-13/h13H,2-12,16H2,1H3. The molecule has 0 radical (unpaired) electrons. The molecule has 110 valence electrons. The smallest absolute Gasteiger partial charge is 0.223 e. The molecule has 0 spiro atoms. The Hall–Kier alpha value is -0.610. The molecule has 2 aliphatic rings. The summed E-state index contributed by atoms with van der Waals surface area (Å²) in [6.07, 6.45) is 7.28. The fourth-order valence-electron chi connectivity index (χ4n) is 3.32. The molecule has 19 heavy (non-hydrogen) atoms. The second-order valence-electron chi connectivity index (χ2n) is 6.30. The third-order valence-corrected chi connectivity index (χ3v) is 4.85. The van der Waals surface area contributed by atoms with E-state index in [-0.39, 0.29) is 5.54 Å². The Balaban J connectivity index is 1.83. The van der Waals surface area contributed by atoms with E-state index in [0.29, 0.717) is 24.8 Å². The van der Waals surface area contributed by atoms with Gasteiger partial charge in [0, 0.05) is 32.7 Å². The molecule has 2 saturated heterocycles.